The lowest BCUT2D eigenvalue weighted by molar-refractivity contribution is 0.0585. The van der Waals surface area contributed by atoms with E-state index < -0.39 is 13.7 Å². The number of amides is 1. The van der Waals surface area contributed by atoms with Crippen LogP contribution in [0.1, 0.15) is 26.3 Å². The van der Waals surface area contributed by atoms with Gasteiger partial charge in [-0.05, 0) is 38.4 Å². The molecule has 4 nitrogen and oxygen atoms in total. The highest BCUT2D eigenvalue weighted by atomic mass is 28.3. The van der Waals surface area contributed by atoms with Crippen molar-refractivity contribution in [1.29, 1.82) is 0 Å². The van der Waals surface area contributed by atoms with E-state index in [4.69, 9.17) is 4.74 Å². The van der Waals surface area contributed by atoms with Gasteiger partial charge in [-0.1, -0.05) is 42.1 Å². The summed E-state index contributed by atoms with van der Waals surface area (Å²) in [6, 6.07) is 13.4. The molecule has 1 unspecified atom stereocenters. The van der Waals surface area contributed by atoms with Crippen molar-refractivity contribution in [2.45, 2.75) is 39.0 Å². The van der Waals surface area contributed by atoms with E-state index in [1.54, 1.807) is 6.20 Å². The lowest BCUT2D eigenvalue weighted by atomic mass is 10.2. The molecule has 0 aliphatic carbocycles. The van der Waals surface area contributed by atoms with E-state index in [0.29, 0.717) is 0 Å². The molecular formula is C19H24N2O2Si. The van der Waals surface area contributed by atoms with Crippen molar-refractivity contribution in [3.05, 3.63) is 54.4 Å². The Morgan fingerprint density at radius 1 is 1.21 bits per heavy atom. The Balaban J connectivity index is 2.01. The summed E-state index contributed by atoms with van der Waals surface area (Å²) in [6.07, 6.45) is 4.08. The number of ether oxygens (including phenoxy) is 1. The highest BCUT2D eigenvalue weighted by molar-refractivity contribution is 6.91. The SMILES string of the molecule is CC(C)(C)OC(=O)N1C[Si](C)(c2ccccc2)Cc2cnccc21. The first-order valence-corrected chi connectivity index (χ1v) is 11.2. The van der Waals surface area contributed by atoms with Crippen LogP contribution in [-0.4, -0.2) is 30.9 Å². The third-order valence-electron chi connectivity index (χ3n) is 4.34. The molecule has 24 heavy (non-hydrogen) atoms. The third kappa shape index (κ3) is 3.36. The van der Waals surface area contributed by atoms with Crippen LogP contribution < -0.4 is 10.1 Å². The number of carbonyl (C=O) groups is 1. The van der Waals surface area contributed by atoms with E-state index in [1.807, 2.05) is 44.0 Å². The smallest absolute Gasteiger partial charge is 0.414 e. The monoisotopic (exact) mass is 340 g/mol. The quantitative estimate of drug-likeness (QED) is 0.747. The van der Waals surface area contributed by atoms with Gasteiger partial charge in [0.05, 0.1) is 5.69 Å². The molecule has 1 amide bonds. The van der Waals surface area contributed by atoms with Gasteiger partial charge in [-0.3, -0.25) is 9.88 Å². The van der Waals surface area contributed by atoms with E-state index in [2.05, 4.69) is 35.8 Å². The molecule has 1 aliphatic rings. The zero-order chi connectivity index (χ0) is 17.4. The molecular weight excluding hydrogens is 316 g/mol. The van der Waals surface area contributed by atoms with Gasteiger partial charge in [0.2, 0.25) is 0 Å². The number of fused-ring (bicyclic) bond motifs is 1. The van der Waals surface area contributed by atoms with E-state index >= 15 is 0 Å². The fourth-order valence-electron chi connectivity index (χ4n) is 3.24. The van der Waals surface area contributed by atoms with Gasteiger partial charge in [-0.15, -0.1) is 0 Å². The van der Waals surface area contributed by atoms with Gasteiger partial charge in [0, 0.05) is 18.6 Å². The molecule has 0 N–H and O–H groups in total. The zero-order valence-corrected chi connectivity index (χ0v) is 15.7. The predicted octanol–water partition coefficient (Wildman–Crippen LogP) is 3.44. The number of nitrogens with zero attached hydrogens (tertiary/aromatic N) is 2. The van der Waals surface area contributed by atoms with Crippen molar-refractivity contribution >= 4 is 25.0 Å². The fourth-order valence-corrected chi connectivity index (χ4v) is 6.85. The molecule has 0 saturated carbocycles. The fraction of sp³-hybridized carbons (Fsp3) is 0.368. The van der Waals surface area contributed by atoms with Crippen LogP contribution in [0, 0.1) is 0 Å². The summed E-state index contributed by atoms with van der Waals surface area (Å²) in [5.74, 6) is 0. The van der Waals surface area contributed by atoms with Crippen LogP contribution in [0.4, 0.5) is 10.5 Å². The van der Waals surface area contributed by atoms with Gasteiger partial charge in [-0.25, -0.2) is 4.79 Å². The predicted molar refractivity (Wildman–Crippen MR) is 99.2 cm³/mol. The van der Waals surface area contributed by atoms with Gasteiger partial charge in [0.1, 0.15) is 13.7 Å². The van der Waals surface area contributed by atoms with Crippen LogP contribution in [0.3, 0.4) is 0 Å². The van der Waals surface area contributed by atoms with Gasteiger partial charge in [0.25, 0.3) is 0 Å². The van der Waals surface area contributed by atoms with Crippen molar-refractivity contribution in [3.8, 4) is 0 Å². The Morgan fingerprint density at radius 2 is 1.92 bits per heavy atom. The average molecular weight is 340 g/mol. The number of carbonyl (C=O) groups excluding carboxylic acids is 1. The number of benzene rings is 1. The summed E-state index contributed by atoms with van der Waals surface area (Å²) in [5, 5.41) is 1.35. The largest absolute Gasteiger partial charge is 0.443 e. The number of anilines is 1. The lowest BCUT2D eigenvalue weighted by Gasteiger charge is -2.40. The summed E-state index contributed by atoms with van der Waals surface area (Å²) < 4.78 is 5.65. The van der Waals surface area contributed by atoms with Crippen LogP contribution in [0.2, 0.25) is 6.55 Å². The van der Waals surface area contributed by atoms with E-state index in [-0.39, 0.29) is 6.09 Å². The second-order valence-corrected chi connectivity index (χ2v) is 12.0. The highest BCUT2D eigenvalue weighted by Gasteiger charge is 2.41. The number of rotatable bonds is 1. The van der Waals surface area contributed by atoms with Crippen molar-refractivity contribution in [3.63, 3.8) is 0 Å². The molecule has 1 aromatic carbocycles. The maximum absolute atomic E-state index is 12.8. The lowest BCUT2D eigenvalue weighted by Crippen LogP contribution is -2.60. The van der Waals surface area contributed by atoms with Crippen LogP contribution >= 0.6 is 0 Å². The Labute approximate surface area is 144 Å². The molecule has 0 fully saturated rings. The summed E-state index contributed by atoms with van der Waals surface area (Å²) in [7, 11) is -1.88. The molecule has 1 aliphatic heterocycles. The average Bonchev–Trinajstić information content (AvgIpc) is 2.53. The molecule has 1 atom stereocenters. The molecule has 0 spiro atoms. The summed E-state index contributed by atoms with van der Waals surface area (Å²) >= 11 is 0. The first kappa shape index (κ1) is 16.7. The summed E-state index contributed by atoms with van der Waals surface area (Å²) in [6.45, 7) is 8.03. The summed E-state index contributed by atoms with van der Waals surface area (Å²) in [4.78, 5) is 18.9. The Hall–Kier alpha value is -2.14. The van der Waals surface area contributed by atoms with Crippen molar-refractivity contribution in [2.75, 3.05) is 11.1 Å². The molecule has 3 rings (SSSR count). The molecule has 0 saturated heterocycles. The molecule has 5 heteroatoms. The third-order valence-corrected chi connectivity index (χ3v) is 8.24. The van der Waals surface area contributed by atoms with E-state index in [0.717, 1.165) is 23.5 Å². The van der Waals surface area contributed by atoms with Gasteiger partial charge < -0.3 is 4.74 Å². The molecule has 126 valence electrons. The van der Waals surface area contributed by atoms with Crippen LogP contribution in [0.25, 0.3) is 0 Å². The van der Waals surface area contributed by atoms with Crippen molar-refractivity contribution in [1.82, 2.24) is 4.98 Å². The Kier molecular flexibility index (Phi) is 4.21. The minimum absolute atomic E-state index is 0.274. The number of aromatic nitrogens is 1. The standard InChI is InChI=1S/C19H24N2O2Si/c1-19(2,3)23-18(22)21-14-24(4,16-8-6-5-7-9-16)13-15-12-20-11-10-17(15)21/h5-12H,13-14H2,1-4H3. The van der Waals surface area contributed by atoms with E-state index in [1.165, 1.54) is 5.19 Å². The molecule has 0 bridgehead atoms. The first-order chi connectivity index (χ1) is 11.3. The van der Waals surface area contributed by atoms with Crippen molar-refractivity contribution < 1.29 is 9.53 Å². The maximum atomic E-state index is 12.8. The van der Waals surface area contributed by atoms with Crippen LogP contribution in [0.15, 0.2) is 48.8 Å². The topological polar surface area (TPSA) is 42.4 Å². The molecule has 2 aromatic rings. The Morgan fingerprint density at radius 3 is 2.58 bits per heavy atom. The number of hydrogen-bond acceptors (Lipinski definition) is 3. The zero-order valence-electron chi connectivity index (χ0n) is 14.7. The highest BCUT2D eigenvalue weighted by Crippen LogP contribution is 2.31. The Bertz CT molecular complexity index is 743. The minimum atomic E-state index is -1.88. The molecule has 0 radical (unpaired) electrons. The maximum Gasteiger partial charge on any atom is 0.414 e. The first-order valence-electron chi connectivity index (χ1n) is 8.27. The van der Waals surface area contributed by atoms with Crippen LogP contribution in [0.5, 0.6) is 0 Å². The van der Waals surface area contributed by atoms with Crippen molar-refractivity contribution in [2.24, 2.45) is 0 Å². The molecule has 2 heterocycles. The minimum Gasteiger partial charge on any atom is -0.443 e. The second kappa shape index (κ2) is 6.05. The second-order valence-electron chi connectivity index (χ2n) is 7.67. The van der Waals surface area contributed by atoms with Gasteiger partial charge >= 0.3 is 6.09 Å². The normalized spacial score (nSPS) is 20.4. The van der Waals surface area contributed by atoms with Gasteiger partial charge in [0.15, 0.2) is 0 Å². The number of hydrogen-bond donors (Lipinski definition) is 0. The van der Waals surface area contributed by atoms with Gasteiger partial charge in [-0.2, -0.15) is 0 Å². The van der Waals surface area contributed by atoms with Crippen LogP contribution in [-0.2, 0) is 10.8 Å². The molecule has 1 aromatic heterocycles. The number of pyridine rings is 1. The van der Waals surface area contributed by atoms with E-state index in [9.17, 15) is 4.79 Å². The summed E-state index contributed by atoms with van der Waals surface area (Å²) in [5.41, 5.74) is 1.56.